The topological polar surface area (TPSA) is 101 Å². The minimum atomic E-state index is -0.872. The maximum atomic E-state index is 13.5. The fraction of sp³-hybridized carbons (Fsp3) is 0.167. The van der Waals surface area contributed by atoms with Crippen LogP contribution in [0.4, 0.5) is 10.1 Å². The third-order valence-electron chi connectivity index (χ3n) is 3.93. The lowest BCUT2D eigenvalue weighted by atomic mass is 10.0. The molecule has 6 nitrogen and oxygen atoms in total. The Morgan fingerprint density at radius 3 is 2.69 bits per heavy atom. The van der Waals surface area contributed by atoms with Crippen LogP contribution in [0.2, 0.25) is 0 Å². The van der Waals surface area contributed by atoms with Crippen LogP contribution in [-0.2, 0) is 9.59 Å². The zero-order valence-electron chi connectivity index (χ0n) is 13.6. The molecular weight excluding hydrogens is 357 g/mol. The van der Waals surface area contributed by atoms with Gasteiger partial charge in [0.05, 0.1) is 6.04 Å². The van der Waals surface area contributed by atoms with Gasteiger partial charge in [0.15, 0.2) is 0 Å². The molecule has 0 aliphatic carbocycles. The molecule has 1 unspecified atom stereocenters. The average molecular weight is 373 g/mol. The molecule has 4 N–H and O–H groups in total. The van der Waals surface area contributed by atoms with Gasteiger partial charge in [0.2, 0.25) is 5.91 Å². The molecule has 0 spiro atoms. The molecular formula is C18H16FN3O3S. The Bertz CT molecular complexity index is 888. The molecule has 1 atom stereocenters. The number of nitrogens with two attached hydrogens (primary N) is 1. The number of benzene rings is 2. The van der Waals surface area contributed by atoms with Gasteiger partial charge in [0.1, 0.15) is 5.82 Å². The molecule has 1 heterocycles. The molecule has 8 heteroatoms. The van der Waals surface area contributed by atoms with Crippen LogP contribution in [-0.4, -0.2) is 23.5 Å². The molecule has 2 aromatic carbocycles. The van der Waals surface area contributed by atoms with Crippen molar-refractivity contribution in [3.8, 4) is 0 Å². The smallest absolute Gasteiger partial charge is 0.313 e. The van der Waals surface area contributed by atoms with Crippen LogP contribution in [0.1, 0.15) is 28.4 Å². The van der Waals surface area contributed by atoms with Crippen molar-refractivity contribution < 1.29 is 18.8 Å². The second-order valence-electron chi connectivity index (χ2n) is 5.74. The van der Waals surface area contributed by atoms with Gasteiger partial charge in [-0.25, -0.2) is 4.39 Å². The molecule has 3 amide bonds. The van der Waals surface area contributed by atoms with Crippen LogP contribution in [0.3, 0.4) is 0 Å². The molecule has 3 rings (SSSR count). The van der Waals surface area contributed by atoms with Gasteiger partial charge in [-0.1, -0.05) is 6.07 Å². The molecule has 0 saturated heterocycles. The van der Waals surface area contributed by atoms with E-state index in [9.17, 15) is 18.8 Å². The monoisotopic (exact) mass is 373 g/mol. The molecule has 0 saturated carbocycles. The first-order valence-electron chi connectivity index (χ1n) is 7.88. The van der Waals surface area contributed by atoms with Crippen molar-refractivity contribution >= 4 is 35.2 Å². The van der Waals surface area contributed by atoms with Crippen molar-refractivity contribution in [2.45, 2.75) is 17.4 Å². The Labute approximate surface area is 153 Å². The lowest BCUT2D eigenvalue weighted by molar-refractivity contribution is -0.136. The Kier molecular flexibility index (Phi) is 5.22. The summed E-state index contributed by atoms with van der Waals surface area (Å²) in [6, 6.07) is 9.96. The number of primary amides is 1. The summed E-state index contributed by atoms with van der Waals surface area (Å²) in [4.78, 5) is 36.4. The van der Waals surface area contributed by atoms with Crippen molar-refractivity contribution in [1.29, 1.82) is 0 Å². The van der Waals surface area contributed by atoms with Gasteiger partial charge in [-0.3, -0.25) is 14.4 Å². The second-order valence-corrected chi connectivity index (χ2v) is 6.88. The van der Waals surface area contributed by atoms with Crippen molar-refractivity contribution in [1.82, 2.24) is 5.32 Å². The van der Waals surface area contributed by atoms with Crippen LogP contribution in [0, 0.1) is 5.82 Å². The summed E-state index contributed by atoms with van der Waals surface area (Å²) in [5.41, 5.74) is 6.36. The van der Waals surface area contributed by atoms with Crippen LogP contribution in [0.25, 0.3) is 0 Å². The number of amides is 3. The predicted molar refractivity (Wildman–Crippen MR) is 96.2 cm³/mol. The predicted octanol–water partition coefficient (Wildman–Crippen LogP) is 2.22. The lowest BCUT2D eigenvalue weighted by Crippen LogP contribution is -2.38. The third kappa shape index (κ3) is 4.02. The highest BCUT2D eigenvalue weighted by atomic mass is 32.2. The number of nitrogens with one attached hydrogen (secondary N) is 2. The first-order chi connectivity index (χ1) is 12.4. The normalized spacial score (nSPS) is 15.7. The standard InChI is InChI=1S/C18H16FN3O3S/c19-11-4-5-15-13(9-11)14(6-7-26-15)22-18(25)17(24)21-12-3-1-2-10(8-12)16(20)23/h1-5,8-9,14H,6-7H2,(H2,20,23)(H,21,24)(H,22,25). The SMILES string of the molecule is NC(=O)c1cccc(NC(=O)C(=O)NC2CCSc3ccc(F)cc32)c1. The molecule has 134 valence electrons. The zero-order chi connectivity index (χ0) is 18.7. The number of halogens is 1. The van der Waals surface area contributed by atoms with Gasteiger partial charge in [0, 0.05) is 21.9 Å². The largest absolute Gasteiger partial charge is 0.366 e. The minimum Gasteiger partial charge on any atom is -0.366 e. The maximum Gasteiger partial charge on any atom is 0.313 e. The summed E-state index contributed by atoms with van der Waals surface area (Å²) in [6.07, 6.45) is 0.595. The lowest BCUT2D eigenvalue weighted by Gasteiger charge is -2.25. The summed E-state index contributed by atoms with van der Waals surface area (Å²) in [6.45, 7) is 0. The molecule has 0 fully saturated rings. The molecule has 0 bridgehead atoms. The van der Waals surface area contributed by atoms with E-state index < -0.39 is 29.6 Å². The molecule has 26 heavy (non-hydrogen) atoms. The number of anilines is 1. The van der Waals surface area contributed by atoms with E-state index in [4.69, 9.17) is 5.73 Å². The summed E-state index contributed by atoms with van der Waals surface area (Å²) in [7, 11) is 0. The first-order valence-corrected chi connectivity index (χ1v) is 8.86. The molecule has 1 aliphatic rings. The Morgan fingerprint density at radius 1 is 1.12 bits per heavy atom. The number of fused-ring (bicyclic) bond motifs is 1. The van der Waals surface area contributed by atoms with Crippen molar-refractivity contribution in [2.75, 3.05) is 11.1 Å². The molecule has 0 radical (unpaired) electrons. The molecule has 0 aromatic heterocycles. The minimum absolute atomic E-state index is 0.219. The highest BCUT2D eigenvalue weighted by Gasteiger charge is 2.25. The summed E-state index contributed by atoms with van der Waals surface area (Å²) < 4.78 is 13.5. The Morgan fingerprint density at radius 2 is 1.92 bits per heavy atom. The van der Waals surface area contributed by atoms with Crippen LogP contribution >= 0.6 is 11.8 Å². The fourth-order valence-electron chi connectivity index (χ4n) is 2.68. The number of thioether (sulfide) groups is 1. The van der Waals surface area contributed by atoms with Crippen molar-refractivity contribution in [3.05, 3.63) is 59.4 Å². The number of hydrogen-bond acceptors (Lipinski definition) is 4. The Balaban J connectivity index is 1.69. The van der Waals surface area contributed by atoms with Gasteiger partial charge in [0.25, 0.3) is 0 Å². The van der Waals surface area contributed by atoms with Crippen LogP contribution in [0.15, 0.2) is 47.4 Å². The van der Waals surface area contributed by atoms with E-state index in [1.807, 2.05) is 0 Å². The maximum absolute atomic E-state index is 13.5. The van der Waals surface area contributed by atoms with E-state index in [-0.39, 0.29) is 11.3 Å². The highest BCUT2D eigenvalue weighted by Crippen LogP contribution is 2.36. The van der Waals surface area contributed by atoms with E-state index in [2.05, 4.69) is 10.6 Å². The van der Waals surface area contributed by atoms with E-state index in [0.29, 0.717) is 12.0 Å². The van der Waals surface area contributed by atoms with E-state index in [1.54, 1.807) is 30.0 Å². The zero-order valence-corrected chi connectivity index (χ0v) is 14.4. The number of carbonyl (C=O) groups excluding carboxylic acids is 3. The van der Waals surface area contributed by atoms with Crippen molar-refractivity contribution in [3.63, 3.8) is 0 Å². The summed E-state index contributed by atoms with van der Waals surface area (Å²) in [5.74, 6) is -1.97. The van der Waals surface area contributed by atoms with Crippen molar-refractivity contribution in [2.24, 2.45) is 5.73 Å². The van der Waals surface area contributed by atoms with Gasteiger partial charge in [-0.05, 0) is 48.4 Å². The second kappa shape index (κ2) is 7.57. The first kappa shape index (κ1) is 17.9. The third-order valence-corrected chi connectivity index (χ3v) is 5.05. The number of rotatable bonds is 3. The average Bonchev–Trinajstić information content (AvgIpc) is 2.62. The van der Waals surface area contributed by atoms with Gasteiger partial charge in [-0.2, -0.15) is 0 Å². The highest BCUT2D eigenvalue weighted by molar-refractivity contribution is 7.99. The number of hydrogen-bond donors (Lipinski definition) is 3. The molecule has 1 aliphatic heterocycles. The Hall–Kier alpha value is -2.87. The fourth-order valence-corrected chi connectivity index (χ4v) is 3.78. The number of carbonyl (C=O) groups is 3. The van der Waals surface area contributed by atoms with Gasteiger partial charge in [-0.15, -0.1) is 11.8 Å². The van der Waals surface area contributed by atoms with E-state index in [0.717, 1.165) is 10.6 Å². The van der Waals surface area contributed by atoms with E-state index >= 15 is 0 Å². The quantitative estimate of drug-likeness (QED) is 0.718. The van der Waals surface area contributed by atoms with Gasteiger partial charge >= 0.3 is 11.8 Å². The van der Waals surface area contributed by atoms with Crippen LogP contribution < -0.4 is 16.4 Å². The summed E-state index contributed by atoms with van der Waals surface area (Å²) >= 11 is 1.58. The van der Waals surface area contributed by atoms with Gasteiger partial charge < -0.3 is 16.4 Å². The molecule has 2 aromatic rings. The summed E-state index contributed by atoms with van der Waals surface area (Å²) in [5, 5.41) is 5.06. The van der Waals surface area contributed by atoms with Crippen LogP contribution in [0.5, 0.6) is 0 Å². The van der Waals surface area contributed by atoms with E-state index in [1.165, 1.54) is 24.3 Å².